The molecule has 0 bridgehead atoms. The zero-order valence-electron chi connectivity index (χ0n) is 13.3. The Morgan fingerprint density at radius 2 is 2.05 bits per heavy atom. The van der Waals surface area contributed by atoms with Gasteiger partial charge in [-0.3, -0.25) is 4.79 Å². The summed E-state index contributed by atoms with van der Waals surface area (Å²) in [4.78, 5) is 12.0. The monoisotopic (exact) mass is 357 g/mol. The molecule has 5 heteroatoms. The second-order valence-electron chi connectivity index (χ2n) is 5.76. The van der Waals surface area contributed by atoms with Gasteiger partial charge in [0.2, 0.25) is 0 Å². The molecule has 1 aromatic carbocycles. The summed E-state index contributed by atoms with van der Waals surface area (Å²) < 4.78 is 11.5. The summed E-state index contributed by atoms with van der Waals surface area (Å²) in [6.45, 7) is 7.86. The van der Waals surface area contributed by atoms with E-state index >= 15 is 0 Å². The van der Waals surface area contributed by atoms with Crippen LogP contribution in [-0.2, 0) is 9.53 Å². The summed E-state index contributed by atoms with van der Waals surface area (Å²) in [5.74, 6) is 0.508. The number of hydrogen-bond donors (Lipinski definition) is 1. The Labute approximate surface area is 135 Å². The van der Waals surface area contributed by atoms with E-state index in [2.05, 4.69) is 15.9 Å². The predicted octanol–water partition coefficient (Wildman–Crippen LogP) is 3.75. The Kier molecular flexibility index (Phi) is 6.23. The van der Waals surface area contributed by atoms with Crippen molar-refractivity contribution >= 4 is 21.9 Å². The van der Waals surface area contributed by atoms with Crippen molar-refractivity contribution in [2.45, 2.75) is 40.2 Å². The summed E-state index contributed by atoms with van der Waals surface area (Å²) >= 11 is 3.51. The van der Waals surface area contributed by atoms with Gasteiger partial charge < -0.3 is 15.2 Å². The van der Waals surface area contributed by atoms with Gasteiger partial charge in [0.25, 0.3) is 0 Å². The lowest BCUT2D eigenvalue weighted by Crippen LogP contribution is -2.31. The van der Waals surface area contributed by atoms with E-state index in [1.165, 1.54) is 0 Å². The van der Waals surface area contributed by atoms with Crippen LogP contribution in [0.3, 0.4) is 0 Å². The van der Waals surface area contributed by atoms with Crippen molar-refractivity contribution in [2.24, 2.45) is 11.1 Å². The van der Waals surface area contributed by atoms with Crippen LogP contribution >= 0.6 is 15.9 Å². The van der Waals surface area contributed by atoms with Crippen molar-refractivity contribution in [2.75, 3.05) is 13.7 Å². The van der Waals surface area contributed by atoms with Crippen LogP contribution in [-0.4, -0.2) is 19.7 Å². The van der Waals surface area contributed by atoms with Crippen LogP contribution in [0.2, 0.25) is 0 Å². The van der Waals surface area contributed by atoms with E-state index in [1.54, 1.807) is 14.0 Å². The zero-order chi connectivity index (χ0) is 16.2. The Bertz CT molecular complexity index is 514. The quantitative estimate of drug-likeness (QED) is 0.787. The number of esters is 1. The number of halogens is 1. The molecule has 0 saturated carbocycles. The molecule has 0 aliphatic heterocycles. The third-order valence-electron chi connectivity index (χ3n) is 3.47. The smallest absolute Gasteiger partial charge is 0.311 e. The molecule has 118 valence electrons. The second kappa shape index (κ2) is 7.27. The average Bonchev–Trinajstić information content (AvgIpc) is 2.40. The van der Waals surface area contributed by atoms with E-state index in [0.29, 0.717) is 13.0 Å². The number of nitrogens with two attached hydrogens (primary N) is 1. The molecule has 0 fully saturated rings. The SMILES string of the molecule is CCOC(=O)C(C)(C)CC(N)c1cc(Br)c(C)cc1OC. The fourth-order valence-electron chi connectivity index (χ4n) is 2.21. The van der Waals surface area contributed by atoms with Crippen molar-refractivity contribution in [3.8, 4) is 5.75 Å². The van der Waals surface area contributed by atoms with Gasteiger partial charge in [-0.1, -0.05) is 15.9 Å². The molecule has 1 unspecified atom stereocenters. The molecule has 0 aromatic heterocycles. The number of ether oxygens (including phenoxy) is 2. The molecule has 21 heavy (non-hydrogen) atoms. The molecule has 1 atom stereocenters. The normalized spacial score (nSPS) is 12.9. The van der Waals surface area contributed by atoms with Crippen molar-refractivity contribution in [1.29, 1.82) is 0 Å². The molecule has 1 rings (SSSR count). The number of aryl methyl sites for hydroxylation is 1. The summed E-state index contributed by atoms with van der Waals surface area (Å²) in [5.41, 5.74) is 7.62. The summed E-state index contributed by atoms with van der Waals surface area (Å²) in [7, 11) is 1.62. The van der Waals surface area contributed by atoms with Crippen LogP contribution in [0.1, 0.15) is 44.4 Å². The van der Waals surface area contributed by atoms with E-state index in [1.807, 2.05) is 32.9 Å². The summed E-state index contributed by atoms with van der Waals surface area (Å²) in [6, 6.07) is 3.59. The lowest BCUT2D eigenvalue weighted by Gasteiger charge is -2.27. The number of benzene rings is 1. The number of carbonyl (C=O) groups is 1. The highest BCUT2D eigenvalue weighted by Gasteiger charge is 2.32. The minimum atomic E-state index is -0.641. The molecule has 0 saturated heterocycles. The standard InChI is InChI=1S/C16H24BrNO3/c1-6-21-15(19)16(3,4)9-13(18)11-8-12(17)10(2)7-14(11)20-5/h7-8,13H,6,9,18H2,1-5H3. The largest absolute Gasteiger partial charge is 0.496 e. The lowest BCUT2D eigenvalue weighted by molar-refractivity contribution is -0.154. The van der Waals surface area contributed by atoms with Gasteiger partial charge in [-0.25, -0.2) is 0 Å². The van der Waals surface area contributed by atoms with Crippen molar-refractivity contribution in [3.63, 3.8) is 0 Å². The van der Waals surface area contributed by atoms with Gasteiger partial charge >= 0.3 is 5.97 Å². The van der Waals surface area contributed by atoms with Crippen LogP contribution < -0.4 is 10.5 Å². The van der Waals surface area contributed by atoms with Crippen molar-refractivity contribution in [1.82, 2.24) is 0 Å². The minimum Gasteiger partial charge on any atom is -0.496 e. The lowest BCUT2D eigenvalue weighted by atomic mass is 9.83. The maximum atomic E-state index is 12.0. The van der Waals surface area contributed by atoms with Crippen LogP contribution in [0, 0.1) is 12.3 Å². The zero-order valence-corrected chi connectivity index (χ0v) is 14.9. The Hall–Kier alpha value is -1.07. The summed E-state index contributed by atoms with van der Waals surface area (Å²) in [5, 5.41) is 0. The van der Waals surface area contributed by atoms with Gasteiger partial charge in [0.05, 0.1) is 19.1 Å². The molecule has 0 heterocycles. The number of carbonyl (C=O) groups excluding carboxylic acids is 1. The Balaban J connectivity index is 3.01. The van der Waals surface area contributed by atoms with Crippen LogP contribution in [0.5, 0.6) is 5.75 Å². The van der Waals surface area contributed by atoms with Gasteiger partial charge in [0, 0.05) is 16.1 Å². The molecule has 0 aliphatic rings. The highest BCUT2D eigenvalue weighted by molar-refractivity contribution is 9.10. The molecular formula is C16H24BrNO3. The molecule has 2 N–H and O–H groups in total. The summed E-state index contributed by atoms with van der Waals surface area (Å²) in [6.07, 6.45) is 0.484. The molecule has 0 amide bonds. The maximum Gasteiger partial charge on any atom is 0.311 e. The number of rotatable bonds is 6. The first-order chi connectivity index (χ1) is 9.72. The van der Waals surface area contributed by atoms with E-state index in [-0.39, 0.29) is 12.0 Å². The highest BCUT2D eigenvalue weighted by atomic mass is 79.9. The predicted molar refractivity (Wildman–Crippen MR) is 87.4 cm³/mol. The molecule has 0 aliphatic carbocycles. The Morgan fingerprint density at radius 1 is 1.43 bits per heavy atom. The van der Waals surface area contributed by atoms with E-state index < -0.39 is 5.41 Å². The first-order valence-electron chi connectivity index (χ1n) is 6.99. The fourth-order valence-corrected chi connectivity index (χ4v) is 2.57. The molecule has 0 radical (unpaired) electrons. The second-order valence-corrected chi connectivity index (χ2v) is 6.61. The van der Waals surface area contributed by atoms with Gasteiger partial charge in [0.1, 0.15) is 5.75 Å². The van der Waals surface area contributed by atoms with Gasteiger partial charge in [-0.2, -0.15) is 0 Å². The molecule has 4 nitrogen and oxygen atoms in total. The molecular weight excluding hydrogens is 334 g/mol. The van der Waals surface area contributed by atoms with Crippen LogP contribution in [0.25, 0.3) is 0 Å². The number of methoxy groups -OCH3 is 1. The average molecular weight is 358 g/mol. The fraction of sp³-hybridized carbons (Fsp3) is 0.562. The van der Waals surface area contributed by atoms with Gasteiger partial charge in [-0.15, -0.1) is 0 Å². The van der Waals surface area contributed by atoms with Crippen molar-refractivity contribution in [3.05, 3.63) is 27.7 Å². The van der Waals surface area contributed by atoms with Gasteiger partial charge in [0.15, 0.2) is 0 Å². The molecule has 0 spiro atoms. The maximum absolute atomic E-state index is 12.0. The van der Waals surface area contributed by atoms with Crippen LogP contribution in [0.4, 0.5) is 0 Å². The minimum absolute atomic E-state index is 0.231. The topological polar surface area (TPSA) is 61.5 Å². The van der Waals surface area contributed by atoms with Crippen LogP contribution in [0.15, 0.2) is 16.6 Å². The first kappa shape index (κ1) is 18.0. The van der Waals surface area contributed by atoms with Crippen molar-refractivity contribution < 1.29 is 14.3 Å². The van der Waals surface area contributed by atoms with E-state index in [0.717, 1.165) is 21.3 Å². The number of hydrogen-bond acceptors (Lipinski definition) is 4. The van der Waals surface area contributed by atoms with E-state index in [4.69, 9.17) is 15.2 Å². The highest BCUT2D eigenvalue weighted by Crippen LogP contribution is 2.36. The van der Waals surface area contributed by atoms with Gasteiger partial charge in [-0.05, 0) is 51.8 Å². The van der Waals surface area contributed by atoms with E-state index in [9.17, 15) is 4.79 Å². The third-order valence-corrected chi connectivity index (χ3v) is 4.32. The Morgan fingerprint density at radius 3 is 2.57 bits per heavy atom. The first-order valence-corrected chi connectivity index (χ1v) is 7.79. The third kappa shape index (κ3) is 4.45. The molecule has 1 aromatic rings.